The van der Waals surface area contributed by atoms with Gasteiger partial charge in [-0.3, -0.25) is 9.59 Å². The molecule has 0 unspecified atom stereocenters. The van der Waals surface area contributed by atoms with Crippen LogP contribution in [0.1, 0.15) is 27.5 Å². The van der Waals surface area contributed by atoms with E-state index in [1.54, 1.807) is 43.2 Å². The maximum Gasteiger partial charge on any atom is 0.304 e. The third-order valence-electron chi connectivity index (χ3n) is 5.32. The maximum atomic E-state index is 12.9. The molecular formula is C25H24N3O4+. The molecule has 3 aromatic rings. The van der Waals surface area contributed by atoms with Gasteiger partial charge in [-0.05, 0) is 60.7 Å². The normalized spacial score (nSPS) is 18.8. The Bertz CT molecular complexity index is 1130. The fraction of sp³-hybridized carbons (Fsp3) is 0.160. The van der Waals surface area contributed by atoms with Gasteiger partial charge in [0, 0.05) is 16.7 Å². The molecule has 1 saturated heterocycles. The van der Waals surface area contributed by atoms with Crippen LogP contribution in [0.25, 0.3) is 0 Å². The van der Waals surface area contributed by atoms with E-state index >= 15 is 0 Å². The Balaban J connectivity index is 1.67. The van der Waals surface area contributed by atoms with Crippen molar-refractivity contribution in [2.75, 3.05) is 14.2 Å². The number of hydrazone groups is 1. The first-order valence-corrected chi connectivity index (χ1v) is 10.2. The molecule has 0 radical (unpaired) electrons. The molecule has 0 spiro atoms. The fourth-order valence-electron chi connectivity index (χ4n) is 3.65. The fourth-order valence-corrected chi connectivity index (χ4v) is 3.65. The van der Waals surface area contributed by atoms with Gasteiger partial charge in [0.1, 0.15) is 11.5 Å². The SMILES string of the molecule is COc1ccc(C(=O)N[C@@H]2C(=O)N/[N+](=C\c3ccccc3)[C@H]2c2ccc(OC)cc2)cc1. The highest BCUT2D eigenvalue weighted by Gasteiger charge is 2.47. The maximum absolute atomic E-state index is 12.9. The lowest BCUT2D eigenvalue weighted by molar-refractivity contribution is -0.596. The molecule has 7 heteroatoms. The Morgan fingerprint density at radius 3 is 2.09 bits per heavy atom. The Morgan fingerprint density at radius 2 is 1.50 bits per heavy atom. The van der Waals surface area contributed by atoms with Crippen molar-refractivity contribution in [3.05, 3.63) is 95.6 Å². The summed E-state index contributed by atoms with van der Waals surface area (Å²) < 4.78 is 12.1. The number of carbonyl (C=O) groups is 2. The van der Waals surface area contributed by atoms with E-state index < -0.39 is 12.1 Å². The topological polar surface area (TPSA) is 79.7 Å². The van der Waals surface area contributed by atoms with E-state index in [4.69, 9.17) is 9.47 Å². The molecule has 0 bridgehead atoms. The van der Waals surface area contributed by atoms with E-state index in [1.165, 1.54) is 0 Å². The molecule has 2 atom stereocenters. The number of nitrogens with zero attached hydrogens (tertiary/aromatic N) is 1. The summed E-state index contributed by atoms with van der Waals surface area (Å²) in [6.45, 7) is 0. The highest BCUT2D eigenvalue weighted by Crippen LogP contribution is 2.27. The minimum atomic E-state index is -0.794. The first-order chi connectivity index (χ1) is 15.6. The Hall–Kier alpha value is -4.13. The quantitative estimate of drug-likeness (QED) is 0.590. The molecular weight excluding hydrogens is 406 g/mol. The van der Waals surface area contributed by atoms with Crippen molar-refractivity contribution >= 4 is 18.0 Å². The Morgan fingerprint density at radius 1 is 0.906 bits per heavy atom. The van der Waals surface area contributed by atoms with E-state index in [1.807, 2.05) is 60.8 Å². The highest BCUT2D eigenvalue weighted by molar-refractivity contribution is 5.98. The van der Waals surface area contributed by atoms with Gasteiger partial charge in [-0.1, -0.05) is 18.2 Å². The van der Waals surface area contributed by atoms with Crippen LogP contribution in [0, 0.1) is 0 Å². The number of amides is 2. The lowest BCUT2D eigenvalue weighted by Crippen LogP contribution is -2.42. The summed E-state index contributed by atoms with van der Waals surface area (Å²) in [5, 5.41) is 2.89. The van der Waals surface area contributed by atoms with Gasteiger partial charge in [-0.2, -0.15) is 0 Å². The molecule has 7 nitrogen and oxygen atoms in total. The van der Waals surface area contributed by atoms with Crippen LogP contribution in [0.2, 0.25) is 0 Å². The number of rotatable bonds is 6. The summed E-state index contributed by atoms with van der Waals surface area (Å²) in [5.41, 5.74) is 5.10. The van der Waals surface area contributed by atoms with Crippen LogP contribution < -0.4 is 20.2 Å². The van der Waals surface area contributed by atoms with Gasteiger partial charge >= 0.3 is 5.91 Å². The summed E-state index contributed by atoms with van der Waals surface area (Å²) in [6, 6.07) is 22.6. The van der Waals surface area contributed by atoms with E-state index in [9.17, 15) is 9.59 Å². The van der Waals surface area contributed by atoms with Crippen LogP contribution in [0.5, 0.6) is 11.5 Å². The predicted octanol–water partition coefficient (Wildman–Crippen LogP) is 2.72. The van der Waals surface area contributed by atoms with Crippen molar-refractivity contribution in [1.29, 1.82) is 0 Å². The minimum absolute atomic E-state index is 0.292. The largest absolute Gasteiger partial charge is 0.497 e. The molecule has 1 aliphatic heterocycles. The smallest absolute Gasteiger partial charge is 0.304 e. The number of hydrogen-bond donors (Lipinski definition) is 2. The van der Waals surface area contributed by atoms with Gasteiger partial charge in [0.2, 0.25) is 12.3 Å². The van der Waals surface area contributed by atoms with E-state index in [-0.39, 0.29) is 11.8 Å². The van der Waals surface area contributed by atoms with E-state index in [2.05, 4.69) is 10.7 Å². The standard InChI is InChI=1S/C25H23N3O4/c1-31-20-12-8-18(9-13-20)23-22(26-24(29)19-10-14-21(32-2)15-11-19)25(30)27-28(23)16-17-6-4-3-5-7-17/h3-16,22-23H,1-2H3,(H-,26,27,29,30)/p+1/b28-16-/t22-,23-/m0/s1. The average molecular weight is 430 g/mol. The van der Waals surface area contributed by atoms with Crippen molar-refractivity contribution < 1.29 is 23.7 Å². The lowest BCUT2D eigenvalue weighted by Gasteiger charge is -2.15. The number of benzene rings is 3. The van der Waals surface area contributed by atoms with Crippen molar-refractivity contribution in [3.63, 3.8) is 0 Å². The molecule has 4 rings (SSSR count). The molecule has 0 aromatic heterocycles. The number of hydrogen-bond acceptors (Lipinski definition) is 4. The molecule has 3 aromatic carbocycles. The second-order valence-corrected chi connectivity index (χ2v) is 7.32. The molecule has 162 valence electrons. The van der Waals surface area contributed by atoms with Crippen molar-refractivity contribution in [2.24, 2.45) is 0 Å². The first kappa shape index (κ1) is 21.1. The summed E-state index contributed by atoms with van der Waals surface area (Å²) >= 11 is 0. The van der Waals surface area contributed by atoms with E-state index in [0.29, 0.717) is 17.1 Å². The average Bonchev–Trinajstić information content (AvgIpc) is 3.14. The number of nitrogens with one attached hydrogen (secondary N) is 2. The predicted molar refractivity (Wildman–Crippen MR) is 120 cm³/mol. The zero-order valence-corrected chi connectivity index (χ0v) is 17.8. The van der Waals surface area contributed by atoms with Gasteiger partial charge in [-0.25, -0.2) is 0 Å². The summed E-state index contributed by atoms with van der Waals surface area (Å²) in [5.74, 6) is 0.732. The van der Waals surface area contributed by atoms with Crippen molar-refractivity contribution in [1.82, 2.24) is 10.7 Å². The van der Waals surface area contributed by atoms with Crippen LogP contribution in [0.15, 0.2) is 78.9 Å². The molecule has 1 fully saturated rings. The second kappa shape index (κ2) is 9.34. The number of ether oxygens (including phenoxy) is 2. The molecule has 2 amide bonds. The van der Waals surface area contributed by atoms with Gasteiger partial charge in [0.15, 0.2) is 6.04 Å². The van der Waals surface area contributed by atoms with Crippen molar-refractivity contribution in [3.8, 4) is 11.5 Å². The summed E-state index contributed by atoms with van der Waals surface area (Å²) in [7, 11) is 3.16. The van der Waals surface area contributed by atoms with E-state index in [0.717, 1.165) is 11.1 Å². The highest BCUT2D eigenvalue weighted by atomic mass is 16.5. The van der Waals surface area contributed by atoms with Gasteiger partial charge in [0.05, 0.1) is 14.2 Å². The van der Waals surface area contributed by atoms with Crippen LogP contribution in [0.3, 0.4) is 0 Å². The van der Waals surface area contributed by atoms with Gasteiger partial charge in [0.25, 0.3) is 5.91 Å². The van der Waals surface area contributed by atoms with Crippen molar-refractivity contribution in [2.45, 2.75) is 12.1 Å². The zero-order valence-electron chi connectivity index (χ0n) is 17.8. The number of methoxy groups -OCH3 is 2. The molecule has 0 saturated carbocycles. The Kier molecular flexibility index (Phi) is 6.17. The molecule has 0 aliphatic carbocycles. The van der Waals surface area contributed by atoms with Gasteiger partial charge in [-0.15, -0.1) is 10.1 Å². The van der Waals surface area contributed by atoms with Crippen LogP contribution in [0.4, 0.5) is 0 Å². The molecule has 1 heterocycles. The molecule has 1 aliphatic rings. The summed E-state index contributed by atoms with van der Waals surface area (Å²) in [6.07, 6.45) is 1.85. The minimum Gasteiger partial charge on any atom is -0.497 e. The third-order valence-corrected chi connectivity index (χ3v) is 5.32. The number of carbonyl (C=O) groups excluding carboxylic acids is 2. The first-order valence-electron chi connectivity index (χ1n) is 10.2. The molecule has 2 N–H and O–H groups in total. The zero-order chi connectivity index (χ0) is 22.5. The lowest BCUT2D eigenvalue weighted by atomic mass is 9.99. The third kappa shape index (κ3) is 4.46. The van der Waals surface area contributed by atoms with Crippen LogP contribution in [-0.4, -0.2) is 43.0 Å². The number of hydrazine groups is 1. The van der Waals surface area contributed by atoms with Gasteiger partial charge < -0.3 is 14.8 Å². The van der Waals surface area contributed by atoms with Crippen LogP contribution >= 0.6 is 0 Å². The summed E-state index contributed by atoms with van der Waals surface area (Å²) in [4.78, 5) is 25.8. The van der Waals surface area contributed by atoms with Crippen LogP contribution in [-0.2, 0) is 4.79 Å². The monoisotopic (exact) mass is 430 g/mol. The Labute approximate surface area is 186 Å². The second-order valence-electron chi connectivity index (χ2n) is 7.32. The molecule has 32 heavy (non-hydrogen) atoms.